The summed E-state index contributed by atoms with van der Waals surface area (Å²) in [7, 11) is 0. The smallest absolute Gasteiger partial charge is 0.258 e. The second-order valence-corrected chi connectivity index (χ2v) is 8.87. The van der Waals surface area contributed by atoms with Gasteiger partial charge >= 0.3 is 0 Å². The van der Waals surface area contributed by atoms with Crippen LogP contribution in [0.3, 0.4) is 0 Å². The minimum atomic E-state index is -2.38. The first-order valence-electron chi connectivity index (χ1n) is 11.8. The highest BCUT2D eigenvalue weighted by atomic mass is 32.1. The first-order valence-corrected chi connectivity index (χ1v) is 12.2. The van der Waals surface area contributed by atoms with E-state index in [1.807, 2.05) is 12.3 Å². The number of hydrazine groups is 1. The standard InChI is InChI=1S/C26H20F6N4O3S/c1-2-11-39-16-9-5-14(6-10-16)33-18(37)12-17-25(38)35(15-7-3-13(27)4-8-15)26(40)36(17)34-24-22(31)20(29)19(28)21(30)23(24)32/h3-10,17,34H,2,11-12H2,1H3,(H,33,37). The van der Waals surface area contributed by atoms with Gasteiger partial charge < -0.3 is 10.1 Å². The fourth-order valence-corrected chi connectivity index (χ4v) is 4.16. The van der Waals surface area contributed by atoms with Crippen molar-refractivity contribution in [3.63, 3.8) is 0 Å². The van der Waals surface area contributed by atoms with Crippen LogP contribution in [0.15, 0.2) is 48.5 Å². The Balaban J connectivity index is 1.63. The third-order valence-electron chi connectivity index (χ3n) is 5.73. The number of rotatable bonds is 9. The number of anilines is 3. The fraction of sp³-hybridized carbons (Fsp3) is 0.192. The monoisotopic (exact) mass is 582 g/mol. The van der Waals surface area contributed by atoms with Crippen molar-refractivity contribution in [2.45, 2.75) is 25.8 Å². The molecule has 14 heteroatoms. The lowest BCUT2D eigenvalue weighted by molar-refractivity contribution is -0.124. The zero-order chi connectivity index (χ0) is 29.1. The van der Waals surface area contributed by atoms with Crippen LogP contribution in [0.25, 0.3) is 0 Å². The first kappa shape index (κ1) is 28.7. The average Bonchev–Trinajstić information content (AvgIpc) is 3.16. The Bertz CT molecular complexity index is 1430. The largest absolute Gasteiger partial charge is 0.494 e. The first-order chi connectivity index (χ1) is 19.0. The van der Waals surface area contributed by atoms with Gasteiger partial charge in [-0.05, 0) is 67.2 Å². The van der Waals surface area contributed by atoms with Crippen LogP contribution in [0.4, 0.5) is 43.4 Å². The van der Waals surface area contributed by atoms with Crippen molar-refractivity contribution in [2.75, 3.05) is 22.2 Å². The molecule has 0 aromatic heterocycles. The Hall–Kier alpha value is -4.33. The van der Waals surface area contributed by atoms with Gasteiger partial charge in [0.25, 0.3) is 5.91 Å². The number of nitrogens with zero attached hydrogens (tertiary/aromatic N) is 2. The molecular weight excluding hydrogens is 562 g/mol. The van der Waals surface area contributed by atoms with Crippen molar-refractivity contribution in [3.05, 3.63) is 83.4 Å². The van der Waals surface area contributed by atoms with Crippen molar-refractivity contribution in [1.29, 1.82) is 0 Å². The molecule has 1 aliphatic rings. The molecule has 0 bridgehead atoms. The molecule has 1 heterocycles. The summed E-state index contributed by atoms with van der Waals surface area (Å²) in [6.07, 6.45) is 0.132. The van der Waals surface area contributed by atoms with Crippen molar-refractivity contribution in [1.82, 2.24) is 5.01 Å². The van der Waals surface area contributed by atoms with Gasteiger partial charge in [0, 0.05) is 5.69 Å². The molecule has 1 unspecified atom stereocenters. The Kier molecular flexibility index (Phi) is 8.47. The maximum atomic E-state index is 14.4. The summed E-state index contributed by atoms with van der Waals surface area (Å²) in [6, 6.07) is 9.09. The summed E-state index contributed by atoms with van der Waals surface area (Å²) in [5.41, 5.74) is 0.864. The molecule has 4 rings (SSSR count). The zero-order valence-electron chi connectivity index (χ0n) is 20.6. The minimum Gasteiger partial charge on any atom is -0.494 e. The predicted octanol–water partition coefficient (Wildman–Crippen LogP) is 5.67. The fourth-order valence-electron chi connectivity index (χ4n) is 3.79. The van der Waals surface area contributed by atoms with Crippen LogP contribution >= 0.6 is 12.2 Å². The number of thiocarbonyl (C=S) groups is 1. The minimum absolute atomic E-state index is 0.0335. The van der Waals surface area contributed by atoms with Gasteiger partial charge in [0.1, 0.15) is 23.3 Å². The average molecular weight is 583 g/mol. The van der Waals surface area contributed by atoms with Crippen LogP contribution in [0.5, 0.6) is 5.75 Å². The highest BCUT2D eigenvalue weighted by molar-refractivity contribution is 7.80. The number of carbonyl (C=O) groups is 2. The van der Waals surface area contributed by atoms with Crippen LogP contribution in [0, 0.1) is 34.9 Å². The molecule has 40 heavy (non-hydrogen) atoms. The molecule has 1 fully saturated rings. The highest BCUT2D eigenvalue weighted by Crippen LogP contribution is 2.32. The van der Waals surface area contributed by atoms with Gasteiger partial charge in [-0.1, -0.05) is 6.92 Å². The van der Waals surface area contributed by atoms with E-state index in [1.54, 1.807) is 24.3 Å². The van der Waals surface area contributed by atoms with Gasteiger partial charge in [-0.3, -0.25) is 19.9 Å². The second kappa shape index (κ2) is 11.8. The molecule has 210 valence electrons. The van der Waals surface area contributed by atoms with Crippen LogP contribution < -0.4 is 20.4 Å². The normalized spacial score (nSPS) is 15.0. The SMILES string of the molecule is CCCOc1ccc(NC(=O)CC2C(=O)N(c3ccc(F)cc3)C(=S)N2Nc2c(F)c(F)c(F)c(F)c2F)cc1. The second-order valence-electron chi connectivity index (χ2n) is 8.50. The van der Waals surface area contributed by atoms with Crippen LogP contribution in [-0.2, 0) is 9.59 Å². The molecule has 3 aromatic carbocycles. The van der Waals surface area contributed by atoms with E-state index in [2.05, 4.69) is 5.32 Å². The van der Waals surface area contributed by atoms with E-state index in [4.69, 9.17) is 17.0 Å². The van der Waals surface area contributed by atoms with E-state index >= 15 is 0 Å². The van der Waals surface area contributed by atoms with Crippen LogP contribution in [0.2, 0.25) is 0 Å². The number of hydrogen-bond acceptors (Lipinski definition) is 5. The molecule has 1 atom stereocenters. The van der Waals surface area contributed by atoms with E-state index in [0.717, 1.165) is 23.5 Å². The number of halogens is 6. The summed E-state index contributed by atoms with van der Waals surface area (Å²) in [6.45, 7) is 2.43. The van der Waals surface area contributed by atoms with Gasteiger partial charge in [-0.2, -0.15) is 0 Å². The summed E-state index contributed by atoms with van der Waals surface area (Å²) < 4.78 is 89.1. The Labute approximate surface area is 229 Å². The van der Waals surface area contributed by atoms with Crippen molar-refractivity contribution >= 4 is 46.2 Å². The molecule has 0 aliphatic carbocycles. The van der Waals surface area contributed by atoms with E-state index in [1.165, 1.54) is 12.1 Å². The molecule has 0 radical (unpaired) electrons. The molecule has 2 N–H and O–H groups in total. The lowest BCUT2D eigenvalue weighted by Crippen LogP contribution is -2.42. The lowest BCUT2D eigenvalue weighted by atomic mass is 10.1. The molecule has 0 spiro atoms. The topological polar surface area (TPSA) is 73.9 Å². The van der Waals surface area contributed by atoms with Crippen molar-refractivity contribution in [2.24, 2.45) is 0 Å². The number of carbonyl (C=O) groups excluding carboxylic acids is 2. The van der Waals surface area contributed by atoms with Gasteiger partial charge in [-0.25, -0.2) is 31.4 Å². The van der Waals surface area contributed by atoms with E-state index in [-0.39, 0.29) is 5.69 Å². The third-order valence-corrected chi connectivity index (χ3v) is 6.11. The van der Waals surface area contributed by atoms with Gasteiger partial charge in [-0.15, -0.1) is 0 Å². The summed E-state index contributed by atoms with van der Waals surface area (Å²) in [5.74, 6) is -13.0. The van der Waals surface area contributed by atoms with Crippen molar-refractivity contribution in [3.8, 4) is 5.75 Å². The van der Waals surface area contributed by atoms with Gasteiger partial charge in [0.15, 0.2) is 23.3 Å². The van der Waals surface area contributed by atoms with Gasteiger partial charge in [0.05, 0.1) is 18.7 Å². The highest BCUT2D eigenvalue weighted by Gasteiger charge is 2.45. The van der Waals surface area contributed by atoms with Crippen molar-refractivity contribution < 1.29 is 40.7 Å². The molecule has 1 aliphatic heterocycles. The van der Waals surface area contributed by atoms with E-state index in [9.17, 15) is 35.9 Å². The Morgan fingerprint density at radius 3 is 2.05 bits per heavy atom. The number of benzene rings is 3. The number of ether oxygens (including phenoxy) is 1. The molecular formula is C26H20F6N4O3S. The van der Waals surface area contributed by atoms with Gasteiger partial charge in [0.2, 0.25) is 16.8 Å². The molecule has 7 nitrogen and oxygen atoms in total. The van der Waals surface area contributed by atoms with Crippen LogP contribution in [-0.4, -0.2) is 34.6 Å². The number of nitrogens with one attached hydrogen (secondary N) is 2. The Morgan fingerprint density at radius 1 is 0.900 bits per heavy atom. The maximum Gasteiger partial charge on any atom is 0.258 e. The predicted molar refractivity (Wildman–Crippen MR) is 137 cm³/mol. The summed E-state index contributed by atoms with van der Waals surface area (Å²) in [4.78, 5) is 27.1. The zero-order valence-corrected chi connectivity index (χ0v) is 21.4. The van der Waals surface area contributed by atoms with E-state index < -0.39 is 70.0 Å². The number of hydrogen-bond donors (Lipinski definition) is 2. The molecule has 1 saturated heterocycles. The molecule has 2 amide bonds. The number of amides is 2. The Morgan fingerprint density at radius 2 is 1.48 bits per heavy atom. The summed E-state index contributed by atoms with van der Waals surface area (Å²) in [5, 5.41) is 2.70. The quantitative estimate of drug-likeness (QED) is 0.147. The lowest BCUT2D eigenvalue weighted by Gasteiger charge is -2.26. The summed E-state index contributed by atoms with van der Waals surface area (Å²) >= 11 is 5.26. The maximum absolute atomic E-state index is 14.4. The molecule has 3 aromatic rings. The van der Waals surface area contributed by atoms with Crippen LogP contribution in [0.1, 0.15) is 19.8 Å². The van der Waals surface area contributed by atoms with E-state index in [0.29, 0.717) is 23.1 Å². The molecule has 0 saturated carbocycles. The third kappa shape index (κ3) is 5.66.